The smallest absolute Gasteiger partial charge is 0.0589 e. The summed E-state index contributed by atoms with van der Waals surface area (Å²) in [6.07, 6.45) is 10.3. The minimum absolute atomic E-state index is 0.755. The van der Waals surface area contributed by atoms with Crippen LogP contribution in [0.3, 0.4) is 0 Å². The van der Waals surface area contributed by atoms with Crippen LogP contribution in [0, 0.1) is 5.92 Å². The lowest BCUT2D eigenvalue weighted by molar-refractivity contribution is 0.373. The van der Waals surface area contributed by atoms with Crippen molar-refractivity contribution in [1.82, 2.24) is 15.3 Å². The molecule has 3 nitrogen and oxygen atoms in total. The molecule has 0 aliphatic carbocycles. The zero-order valence-electron chi connectivity index (χ0n) is 10.4. The van der Waals surface area contributed by atoms with Crippen molar-refractivity contribution in [3.05, 3.63) is 24.3 Å². The van der Waals surface area contributed by atoms with Gasteiger partial charge in [-0.3, -0.25) is 9.97 Å². The molecule has 1 atom stereocenters. The topological polar surface area (TPSA) is 37.8 Å². The van der Waals surface area contributed by atoms with Crippen molar-refractivity contribution < 1.29 is 0 Å². The number of nitrogens with one attached hydrogen (secondary N) is 1. The summed E-state index contributed by atoms with van der Waals surface area (Å²) in [6.45, 7) is 6.56. The Morgan fingerprint density at radius 3 is 2.75 bits per heavy atom. The molecule has 16 heavy (non-hydrogen) atoms. The molecule has 0 bridgehead atoms. The highest BCUT2D eigenvalue weighted by Gasteiger charge is 2.13. The molecular weight excluding hydrogens is 198 g/mol. The van der Waals surface area contributed by atoms with Gasteiger partial charge in [-0.1, -0.05) is 20.3 Å². The number of hydrogen-bond donors (Lipinski definition) is 1. The Morgan fingerprint density at radius 1 is 1.38 bits per heavy atom. The number of rotatable bonds is 2. The largest absolute Gasteiger partial charge is 0.316 e. The first-order valence-electron chi connectivity index (χ1n) is 6.32. The van der Waals surface area contributed by atoms with E-state index in [1.165, 1.54) is 25.8 Å². The first-order valence-corrected chi connectivity index (χ1v) is 6.32. The minimum atomic E-state index is 0.755. The van der Waals surface area contributed by atoms with Crippen molar-refractivity contribution >= 4 is 0 Å². The third-order valence-corrected chi connectivity index (χ3v) is 2.51. The van der Waals surface area contributed by atoms with Crippen molar-refractivity contribution in [3.8, 4) is 0 Å². The molecule has 0 radical (unpaired) electrons. The first-order chi connectivity index (χ1) is 7.86. The molecule has 1 unspecified atom stereocenters. The van der Waals surface area contributed by atoms with Crippen LogP contribution in [-0.4, -0.2) is 23.1 Å². The Labute approximate surface area is 98.7 Å². The van der Waals surface area contributed by atoms with E-state index in [1.54, 1.807) is 12.4 Å². The van der Waals surface area contributed by atoms with E-state index in [2.05, 4.69) is 29.1 Å². The second-order valence-electron chi connectivity index (χ2n) is 4.32. The highest BCUT2D eigenvalue weighted by atomic mass is 14.9. The number of nitrogens with zero attached hydrogens (tertiary/aromatic N) is 2. The summed E-state index contributed by atoms with van der Waals surface area (Å²) in [4.78, 5) is 8.35. The summed E-state index contributed by atoms with van der Waals surface area (Å²) >= 11 is 0. The van der Waals surface area contributed by atoms with Crippen molar-refractivity contribution in [2.45, 2.75) is 39.5 Å². The SMILES string of the molecule is CCC.c1cnc(CC2CCCNC2)cn1. The van der Waals surface area contributed by atoms with Gasteiger partial charge in [-0.05, 0) is 38.3 Å². The van der Waals surface area contributed by atoms with Crippen molar-refractivity contribution in [2.24, 2.45) is 5.92 Å². The van der Waals surface area contributed by atoms with Gasteiger partial charge in [-0.2, -0.15) is 0 Å². The Hall–Kier alpha value is -0.960. The zero-order valence-corrected chi connectivity index (χ0v) is 10.4. The maximum absolute atomic E-state index is 4.28. The predicted molar refractivity (Wildman–Crippen MR) is 67.3 cm³/mol. The zero-order chi connectivity index (χ0) is 11.6. The standard InChI is InChI=1S/C10H15N3.C3H8/c1-2-9(7-11-3-1)6-10-8-12-4-5-13-10;1-3-2/h4-5,8-9,11H,1-3,6-7H2;3H2,1-2H3. The molecule has 0 spiro atoms. The van der Waals surface area contributed by atoms with Gasteiger partial charge in [0.25, 0.3) is 0 Å². The van der Waals surface area contributed by atoms with Crippen LogP contribution in [0.5, 0.6) is 0 Å². The van der Waals surface area contributed by atoms with Gasteiger partial charge in [0.05, 0.1) is 5.69 Å². The molecule has 1 aromatic heterocycles. The first kappa shape index (κ1) is 13.1. The molecule has 1 aromatic rings. The summed E-state index contributed by atoms with van der Waals surface area (Å²) in [6, 6.07) is 0. The van der Waals surface area contributed by atoms with Crippen LogP contribution in [0.2, 0.25) is 0 Å². The van der Waals surface area contributed by atoms with Crippen molar-refractivity contribution in [2.75, 3.05) is 13.1 Å². The van der Waals surface area contributed by atoms with Gasteiger partial charge in [-0.15, -0.1) is 0 Å². The maximum atomic E-state index is 4.28. The average molecular weight is 221 g/mol. The Balaban J connectivity index is 0.000000386. The van der Waals surface area contributed by atoms with E-state index in [-0.39, 0.29) is 0 Å². The fourth-order valence-electron chi connectivity index (χ4n) is 1.83. The predicted octanol–water partition coefficient (Wildman–Crippen LogP) is 2.44. The lowest BCUT2D eigenvalue weighted by atomic mass is 9.95. The normalized spacial score (nSPS) is 19.8. The van der Waals surface area contributed by atoms with E-state index < -0.39 is 0 Å². The summed E-state index contributed by atoms with van der Waals surface area (Å²) < 4.78 is 0. The molecule has 0 saturated carbocycles. The van der Waals surface area contributed by atoms with Crippen LogP contribution >= 0.6 is 0 Å². The van der Waals surface area contributed by atoms with E-state index >= 15 is 0 Å². The van der Waals surface area contributed by atoms with Crippen molar-refractivity contribution in [3.63, 3.8) is 0 Å². The molecule has 1 aliphatic heterocycles. The van der Waals surface area contributed by atoms with Gasteiger partial charge < -0.3 is 5.32 Å². The molecule has 2 rings (SSSR count). The summed E-state index contributed by atoms with van der Waals surface area (Å²) in [5, 5.41) is 3.41. The highest BCUT2D eigenvalue weighted by molar-refractivity contribution is 4.96. The third-order valence-electron chi connectivity index (χ3n) is 2.51. The molecule has 90 valence electrons. The van der Waals surface area contributed by atoms with E-state index in [9.17, 15) is 0 Å². The molecule has 1 aliphatic rings. The van der Waals surface area contributed by atoms with Gasteiger partial charge >= 0.3 is 0 Å². The molecule has 3 heteroatoms. The Morgan fingerprint density at radius 2 is 2.19 bits per heavy atom. The number of piperidine rings is 1. The third kappa shape index (κ3) is 5.21. The van der Waals surface area contributed by atoms with Crippen molar-refractivity contribution in [1.29, 1.82) is 0 Å². The monoisotopic (exact) mass is 221 g/mol. The summed E-state index contributed by atoms with van der Waals surface area (Å²) in [5.41, 5.74) is 1.12. The van der Waals surface area contributed by atoms with E-state index in [4.69, 9.17) is 0 Å². The molecular formula is C13H23N3. The van der Waals surface area contributed by atoms with Gasteiger partial charge in [0, 0.05) is 18.6 Å². The van der Waals surface area contributed by atoms with Crippen LogP contribution in [0.1, 0.15) is 38.8 Å². The van der Waals surface area contributed by atoms with Gasteiger partial charge in [0.15, 0.2) is 0 Å². The lowest BCUT2D eigenvalue weighted by Gasteiger charge is -2.21. The molecule has 0 aromatic carbocycles. The van der Waals surface area contributed by atoms with Crippen LogP contribution in [0.15, 0.2) is 18.6 Å². The molecule has 0 amide bonds. The average Bonchev–Trinajstić information content (AvgIpc) is 2.33. The van der Waals surface area contributed by atoms with E-state index in [0.717, 1.165) is 24.6 Å². The molecule has 1 saturated heterocycles. The van der Waals surface area contributed by atoms with E-state index in [0.29, 0.717) is 0 Å². The maximum Gasteiger partial charge on any atom is 0.0589 e. The van der Waals surface area contributed by atoms with Gasteiger partial charge in [-0.25, -0.2) is 0 Å². The number of hydrogen-bond acceptors (Lipinski definition) is 3. The van der Waals surface area contributed by atoms with Gasteiger partial charge in [0.1, 0.15) is 0 Å². The van der Waals surface area contributed by atoms with Crippen LogP contribution in [0.4, 0.5) is 0 Å². The Kier molecular flexibility index (Phi) is 6.74. The fraction of sp³-hybridized carbons (Fsp3) is 0.692. The lowest BCUT2D eigenvalue weighted by Crippen LogP contribution is -2.31. The fourth-order valence-corrected chi connectivity index (χ4v) is 1.83. The number of aromatic nitrogens is 2. The van der Waals surface area contributed by atoms with Crippen LogP contribution < -0.4 is 5.32 Å². The second-order valence-corrected chi connectivity index (χ2v) is 4.32. The van der Waals surface area contributed by atoms with Crippen LogP contribution in [0.25, 0.3) is 0 Å². The summed E-state index contributed by atoms with van der Waals surface area (Å²) in [5.74, 6) is 0.755. The molecule has 1 N–H and O–H groups in total. The quantitative estimate of drug-likeness (QED) is 0.833. The molecule has 1 fully saturated rings. The summed E-state index contributed by atoms with van der Waals surface area (Å²) in [7, 11) is 0. The highest BCUT2D eigenvalue weighted by Crippen LogP contribution is 2.14. The molecule has 2 heterocycles. The van der Waals surface area contributed by atoms with E-state index in [1.807, 2.05) is 6.20 Å². The second kappa shape index (κ2) is 8.22. The minimum Gasteiger partial charge on any atom is -0.316 e. The van der Waals surface area contributed by atoms with Crippen LogP contribution in [-0.2, 0) is 6.42 Å². The Bertz CT molecular complexity index is 255. The van der Waals surface area contributed by atoms with Gasteiger partial charge in [0.2, 0.25) is 0 Å².